The van der Waals surface area contributed by atoms with Crippen LogP contribution in [-0.4, -0.2) is 19.4 Å². The van der Waals surface area contributed by atoms with Gasteiger partial charge in [-0.3, -0.25) is 4.98 Å². The molecule has 4 heterocycles. The van der Waals surface area contributed by atoms with Gasteiger partial charge in [-0.05, 0) is 97.7 Å². The fourth-order valence-electron chi connectivity index (χ4n) is 9.73. The van der Waals surface area contributed by atoms with Gasteiger partial charge in [-0.25, -0.2) is 0 Å². The predicted octanol–water partition coefficient (Wildman–Crippen LogP) is 15.4. The molecule has 0 unspecified atom stereocenters. The Morgan fingerprint density at radius 1 is 0.400 bits per heavy atom. The van der Waals surface area contributed by atoms with Crippen molar-refractivity contribution in [2.45, 2.75) is 25.7 Å². The Hall–Kier alpha value is -8.08. The number of nitrogens with zero attached hydrogens (tertiary/aromatic N) is 4. The Balaban J connectivity index is 0.00000533. The number of aromatic nitrogens is 4. The molecule has 0 saturated carbocycles. The first-order chi connectivity index (χ1) is 34.2. The summed E-state index contributed by atoms with van der Waals surface area (Å²) in [6.45, 7) is 0. The van der Waals surface area contributed by atoms with Crippen molar-refractivity contribution < 1.29 is 20.1 Å². The van der Waals surface area contributed by atoms with Gasteiger partial charge in [-0.15, -0.1) is 100 Å². The molecule has 0 radical (unpaired) electrons. The summed E-state index contributed by atoms with van der Waals surface area (Å²) in [6, 6.07) is 81.6. The Kier molecular flexibility index (Phi) is 12.6. The van der Waals surface area contributed by atoms with Crippen LogP contribution in [0, 0.1) is 18.2 Å². The smallest absolute Gasteiger partial charge is 0.340 e. The van der Waals surface area contributed by atoms with E-state index in [-0.39, 0.29) is 20.1 Å². The Bertz CT molecular complexity index is 3750. The van der Waals surface area contributed by atoms with Crippen molar-refractivity contribution in [2.75, 3.05) is 0 Å². The molecule has 0 spiro atoms. The van der Waals surface area contributed by atoms with Crippen molar-refractivity contribution in [3.8, 4) is 67.0 Å². The zero-order chi connectivity index (χ0) is 45.9. The van der Waals surface area contributed by atoms with Gasteiger partial charge in [0.25, 0.3) is 0 Å². The van der Waals surface area contributed by atoms with E-state index in [1.54, 1.807) is 0 Å². The molecule has 12 aromatic rings. The van der Waals surface area contributed by atoms with Gasteiger partial charge in [0.1, 0.15) is 0 Å². The summed E-state index contributed by atoms with van der Waals surface area (Å²) in [4.78, 5) is 14.6. The zero-order valence-corrected chi connectivity index (χ0v) is 40.7. The van der Waals surface area contributed by atoms with Crippen LogP contribution in [0.4, 0.5) is 0 Å². The van der Waals surface area contributed by atoms with Gasteiger partial charge in [0.2, 0.25) is 0 Å². The second-order valence-corrected chi connectivity index (χ2v) is 17.7. The van der Waals surface area contributed by atoms with E-state index in [0.29, 0.717) is 0 Å². The van der Waals surface area contributed by atoms with E-state index in [1.165, 1.54) is 55.3 Å². The van der Waals surface area contributed by atoms with E-state index < -0.39 is 0 Å². The third-order valence-corrected chi connectivity index (χ3v) is 13.3. The molecule has 0 bridgehead atoms. The minimum absolute atomic E-state index is 0. The largest absolute Gasteiger partial charge is 3.00 e. The van der Waals surface area contributed by atoms with Crippen LogP contribution in [0.1, 0.15) is 22.3 Å². The van der Waals surface area contributed by atoms with Crippen LogP contribution in [-0.2, 0) is 45.8 Å². The molecule has 334 valence electrons. The number of fused-ring (bicyclic) bond motifs is 6. The standard InChI is InChI=1S/C65H45N4.Ir/c1-3-12-49(13-4-1)50-28-30-51(31-29-50)53-16-11-17-54(42-53)63-35-32-55(44-68-63)57-18-7-8-19-58(57)56-39-47(38-48(40-56)25-23-46-27-34-62(67-43-46)52-14-5-2-6-15-52)24-22-45-26-33-60-61(41-45)59-20-9-10-21-64(59)69-37-36-66-65(60)69;/h1-14,16,18-21,26-32,34-44H,22-25H2;/q-3;+3. The van der Waals surface area contributed by atoms with Gasteiger partial charge in [0.05, 0.1) is 5.65 Å². The average molecular weight is 1070 g/mol. The van der Waals surface area contributed by atoms with E-state index in [2.05, 4.69) is 199 Å². The predicted molar refractivity (Wildman–Crippen MR) is 283 cm³/mol. The van der Waals surface area contributed by atoms with Gasteiger partial charge in [0.15, 0.2) is 0 Å². The Morgan fingerprint density at radius 2 is 1.04 bits per heavy atom. The average Bonchev–Trinajstić information content (AvgIpc) is 3.94. The summed E-state index contributed by atoms with van der Waals surface area (Å²) in [5.74, 6) is 0. The van der Waals surface area contributed by atoms with Crippen molar-refractivity contribution in [1.29, 1.82) is 0 Å². The first-order valence-corrected chi connectivity index (χ1v) is 23.6. The van der Waals surface area contributed by atoms with Gasteiger partial charge >= 0.3 is 20.1 Å². The molecule has 4 nitrogen and oxygen atoms in total. The molecule has 0 aliphatic heterocycles. The van der Waals surface area contributed by atoms with E-state index >= 15 is 0 Å². The summed E-state index contributed by atoms with van der Waals surface area (Å²) in [5.41, 5.74) is 20.3. The number of para-hydroxylation sites is 1. The van der Waals surface area contributed by atoms with Gasteiger partial charge < -0.3 is 14.4 Å². The number of benzene rings is 8. The maximum atomic E-state index is 5.04. The summed E-state index contributed by atoms with van der Waals surface area (Å²) in [5, 5.41) is 3.45. The van der Waals surface area contributed by atoms with Crippen LogP contribution in [0.3, 0.4) is 0 Å². The quantitative estimate of drug-likeness (QED) is 0.0904. The van der Waals surface area contributed by atoms with Gasteiger partial charge in [-0.2, -0.15) is 0 Å². The van der Waals surface area contributed by atoms with Crippen molar-refractivity contribution in [3.05, 3.63) is 265 Å². The molecule has 0 amide bonds. The molecule has 0 atom stereocenters. The molecule has 4 aromatic heterocycles. The monoisotopic (exact) mass is 1070 g/mol. The molecule has 0 N–H and O–H groups in total. The number of aryl methyl sites for hydroxylation is 4. The summed E-state index contributed by atoms with van der Waals surface area (Å²) in [7, 11) is 0. The molecule has 0 fully saturated rings. The first kappa shape index (κ1) is 44.4. The summed E-state index contributed by atoms with van der Waals surface area (Å²) in [6.07, 6.45) is 11.5. The van der Waals surface area contributed by atoms with Crippen LogP contribution < -0.4 is 0 Å². The van der Waals surface area contributed by atoms with E-state index in [4.69, 9.17) is 15.0 Å². The second kappa shape index (κ2) is 19.9. The van der Waals surface area contributed by atoms with E-state index in [1.807, 2.05) is 49.1 Å². The minimum atomic E-state index is 0. The normalized spacial score (nSPS) is 11.3. The third-order valence-electron chi connectivity index (χ3n) is 13.3. The van der Waals surface area contributed by atoms with Gasteiger partial charge in [-0.1, -0.05) is 151 Å². The molecule has 70 heavy (non-hydrogen) atoms. The number of rotatable bonds is 12. The Labute approximate surface area is 422 Å². The molecule has 5 heteroatoms. The maximum absolute atomic E-state index is 5.04. The second-order valence-electron chi connectivity index (χ2n) is 17.7. The molecule has 0 aliphatic carbocycles. The molecule has 0 aliphatic rings. The number of hydrogen-bond acceptors (Lipinski definition) is 3. The zero-order valence-electron chi connectivity index (χ0n) is 38.3. The molecular formula is C65H45IrN4. The van der Waals surface area contributed by atoms with Crippen LogP contribution >= 0.6 is 0 Å². The fourth-order valence-corrected chi connectivity index (χ4v) is 9.73. The van der Waals surface area contributed by atoms with Crippen molar-refractivity contribution in [3.63, 3.8) is 0 Å². The van der Waals surface area contributed by atoms with Crippen molar-refractivity contribution >= 4 is 27.3 Å². The van der Waals surface area contributed by atoms with Crippen LogP contribution in [0.2, 0.25) is 0 Å². The summed E-state index contributed by atoms with van der Waals surface area (Å²) >= 11 is 0. The third kappa shape index (κ3) is 9.13. The first-order valence-electron chi connectivity index (χ1n) is 23.6. The van der Waals surface area contributed by atoms with E-state index in [9.17, 15) is 0 Å². The van der Waals surface area contributed by atoms with Crippen molar-refractivity contribution in [2.24, 2.45) is 0 Å². The van der Waals surface area contributed by atoms with Crippen molar-refractivity contribution in [1.82, 2.24) is 19.4 Å². The SMILES string of the molecule is [Ir+3].[c-]1ccccc1-c1ccc(CCc2cc(CCc3c[c-]c4c(c3)c3ccccc3n3ccnc43)cc(-c3ccccc3-c3ccc(-c4[c-]ccc(-c5ccc(-c6ccccc6)cc5)c4)nc3)c2)cn1. The van der Waals surface area contributed by atoms with Crippen LogP contribution in [0.15, 0.2) is 225 Å². The number of pyridine rings is 3. The maximum Gasteiger partial charge on any atom is 3.00 e. The number of imidazole rings is 1. The van der Waals surface area contributed by atoms with E-state index in [0.717, 1.165) is 87.0 Å². The molecule has 8 aromatic carbocycles. The van der Waals surface area contributed by atoms with Gasteiger partial charge in [0, 0.05) is 30.3 Å². The molecular weight excluding hydrogens is 1030 g/mol. The summed E-state index contributed by atoms with van der Waals surface area (Å²) < 4.78 is 2.17. The Morgan fingerprint density at radius 3 is 1.80 bits per heavy atom. The number of hydrogen-bond donors (Lipinski definition) is 0. The van der Waals surface area contributed by atoms with Crippen LogP contribution in [0.25, 0.3) is 94.3 Å². The fraction of sp³-hybridized carbons (Fsp3) is 0.0615. The molecule has 12 rings (SSSR count). The minimum Gasteiger partial charge on any atom is -0.340 e. The molecule has 0 saturated heterocycles. The topological polar surface area (TPSA) is 43.1 Å². The van der Waals surface area contributed by atoms with Crippen LogP contribution in [0.5, 0.6) is 0 Å².